The van der Waals surface area contributed by atoms with Gasteiger partial charge in [0.05, 0.1) is 13.2 Å². The minimum atomic E-state index is -0.508. The van der Waals surface area contributed by atoms with E-state index in [1.165, 1.54) is 6.08 Å². The van der Waals surface area contributed by atoms with Gasteiger partial charge in [0.2, 0.25) is 0 Å². The van der Waals surface area contributed by atoms with Crippen LogP contribution in [0.25, 0.3) is 6.08 Å². The molecule has 0 unspecified atom stereocenters. The number of amides is 1. The lowest BCUT2D eigenvalue weighted by atomic mass is 10.1. The maximum Gasteiger partial charge on any atom is 0.266 e. The molecule has 6 heteroatoms. The van der Waals surface area contributed by atoms with Crippen molar-refractivity contribution in [3.63, 3.8) is 0 Å². The summed E-state index contributed by atoms with van der Waals surface area (Å²) in [5.41, 5.74) is 1.16. The molecule has 2 rings (SSSR count). The molecule has 0 aliphatic heterocycles. The van der Waals surface area contributed by atoms with Gasteiger partial charge < -0.3 is 19.5 Å². The molecule has 0 saturated carbocycles. The predicted octanol–water partition coefficient (Wildman–Crippen LogP) is 4.59. The van der Waals surface area contributed by atoms with Crippen molar-refractivity contribution < 1.29 is 19.0 Å². The summed E-state index contributed by atoms with van der Waals surface area (Å²) in [4.78, 5) is 12.5. The van der Waals surface area contributed by atoms with Gasteiger partial charge in [0.15, 0.2) is 11.5 Å². The number of benzene rings is 2. The molecule has 0 aliphatic carbocycles. The third-order valence-electron chi connectivity index (χ3n) is 3.70. The Morgan fingerprint density at radius 1 is 1.10 bits per heavy atom. The van der Waals surface area contributed by atoms with Crippen LogP contribution in [0.3, 0.4) is 0 Å². The average molecular weight is 392 g/mol. The molecule has 0 fully saturated rings. The molecule has 1 amide bonds. The molecular formula is C23H24N2O4. The summed E-state index contributed by atoms with van der Waals surface area (Å²) in [5, 5.41) is 12.2. The second kappa shape index (κ2) is 11.2. The van der Waals surface area contributed by atoms with Gasteiger partial charge in [0.25, 0.3) is 5.91 Å². The van der Waals surface area contributed by atoms with Crippen LogP contribution in [-0.4, -0.2) is 25.7 Å². The van der Waals surface area contributed by atoms with Crippen LogP contribution in [0, 0.1) is 11.3 Å². The SMILES string of the molecule is C=CCOc1ccc(/C=C(/C#N)C(=O)Nc2cccc(OCC)c2)cc1OCC. The number of nitrogens with one attached hydrogen (secondary N) is 1. The summed E-state index contributed by atoms with van der Waals surface area (Å²) in [6, 6.07) is 14.2. The Kier molecular flexibility index (Phi) is 8.33. The number of carbonyl (C=O) groups excluding carboxylic acids is 1. The number of ether oxygens (including phenoxy) is 3. The maximum atomic E-state index is 12.5. The number of hydrogen-bond acceptors (Lipinski definition) is 5. The zero-order valence-corrected chi connectivity index (χ0v) is 16.6. The Hall–Kier alpha value is -3.72. The van der Waals surface area contributed by atoms with Crippen molar-refractivity contribution in [1.29, 1.82) is 5.26 Å². The van der Waals surface area contributed by atoms with E-state index in [1.54, 1.807) is 48.5 Å². The van der Waals surface area contributed by atoms with Gasteiger partial charge in [-0.3, -0.25) is 4.79 Å². The van der Waals surface area contributed by atoms with Crippen molar-refractivity contribution >= 4 is 17.7 Å². The molecule has 0 heterocycles. The summed E-state index contributed by atoms with van der Waals surface area (Å²) in [6.07, 6.45) is 3.14. The van der Waals surface area contributed by atoms with Crippen LogP contribution in [-0.2, 0) is 4.79 Å². The lowest BCUT2D eigenvalue weighted by molar-refractivity contribution is -0.112. The van der Waals surface area contributed by atoms with E-state index in [0.29, 0.717) is 48.3 Å². The smallest absolute Gasteiger partial charge is 0.266 e. The predicted molar refractivity (Wildman–Crippen MR) is 113 cm³/mol. The number of anilines is 1. The second-order valence-electron chi connectivity index (χ2n) is 5.82. The Bertz CT molecular complexity index is 929. The van der Waals surface area contributed by atoms with Crippen molar-refractivity contribution in [2.24, 2.45) is 0 Å². The highest BCUT2D eigenvalue weighted by molar-refractivity contribution is 6.09. The Labute approximate surface area is 171 Å². The third kappa shape index (κ3) is 6.43. The highest BCUT2D eigenvalue weighted by Gasteiger charge is 2.12. The lowest BCUT2D eigenvalue weighted by Gasteiger charge is -2.11. The molecule has 150 valence electrons. The van der Waals surface area contributed by atoms with E-state index in [0.717, 1.165) is 0 Å². The minimum Gasteiger partial charge on any atom is -0.494 e. The van der Waals surface area contributed by atoms with Crippen molar-refractivity contribution in [3.8, 4) is 23.3 Å². The van der Waals surface area contributed by atoms with Gasteiger partial charge in [-0.05, 0) is 49.8 Å². The monoisotopic (exact) mass is 392 g/mol. The summed E-state index contributed by atoms with van der Waals surface area (Å²) in [7, 11) is 0. The molecule has 2 aromatic carbocycles. The van der Waals surface area contributed by atoms with E-state index in [1.807, 2.05) is 19.9 Å². The first-order valence-electron chi connectivity index (χ1n) is 9.27. The molecule has 0 aliphatic rings. The van der Waals surface area contributed by atoms with Crippen LogP contribution >= 0.6 is 0 Å². The van der Waals surface area contributed by atoms with E-state index >= 15 is 0 Å². The number of nitrogens with zero attached hydrogens (tertiary/aromatic N) is 1. The highest BCUT2D eigenvalue weighted by atomic mass is 16.5. The molecule has 0 aromatic heterocycles. The van der Waals surface area contributed by atoms with Crippen LogP contribution in [0.1, 0.15) is 19.4 Å². The Morgan fingerprint density at radius 2 is 1.90 bits per heavy atom. The number of hydrogen-bond donors (Lipinski definition) is 1. The first-order valence-corrected chi connectivity index (χ1v) is 9.27. The van der Waals surface area contributed by atoms with Gasteiger partial charge in [0, 0.05) is 11.8 Å². The van der Waals surface area contributed by atoms with E-state index < -0.39 is 5.91 Å². The molecule has 0 radical (unpaired) electrons. The van der Waals surface area contributed by atoms with Crippen molar-refractivity contribution in [1.82, 2.24) is 0 Å². The van der Waals surface area contributed by atoms with Gasteiger partial charge in [-0.2, -0.15) is 5.26 Å². The molecule has 0 spiro atoms. The zero-order valence-electron chi connectivity index (χ0n) is 16.6. The summed E-state index contributed by atoms with van der Waals surface area (Å²) in [6.45, 7) is 8.70. The van der Waals surface area contributed by atoms with Gasteiger partial charge in [-0.25, -0.2) is 0 Å². The first kappa shape index (κ1) is 21.6. The molecule has 2 aromatic rings. The summed E-state index contributed by atoms with van der Waals surface area (Å²) in [5.74, 6) is 1.24. The van der Waals surface area contributed by atoms with Crippen LogP contribution in [0.5, 0.6) is 17.2 Å². The van der Waals surface area contributed by atoms with Gasteiger partial charge >= 0.3 is 0 Å². The van der Waals surface area contributed by atoms with E-state index in [9.17, 15) is 10.1 Å². The third-order valence-corrected chi connectivity index (χ3v) is 3.70. The minimum absolute atomic E-state index is 0.0333. The van der Waals surface area contributed by atoms with Crippen molar-refractivity contribution in [3.05, 3.63) is 66.3 Å². The summed E-state index contributed by atoms with van der Waals surface area (Å²) < 4.78 is 16.6. The standard InChI is InChI=1S/C23H24N2O4/c1-4-12-29-21-11-10-17(14-22(21)28-6-3)13-18(16-24)23(26)25-19-8-7-9-20(15-19)27-5-2/h4,7-11,13-15H,1,5-6,12H2,2-3H3,(H,25,26)/b18-13-. The normalized spacial score (nSPS) is 10.6. The second-order valence-corrected chi connectivity index (χ2v) is 5.82. The van der Waals surface area contributed by atoms with Gasteiger partial charge in [0.1, 0.15) is 24.0 Å². The average Bonchev–Trinajstić information content (AvgIpc) is 2.72. The highest BCUT2D eigenvalue weighted by Crippen LogP contribution is 2.29. The maximum absolute atomic E-state index is 12.5. The van der Waals surface area contributed by atoms with Crippen molar-refractivity contribution in [2.45, 2.75) is 13.8 Å². The topological polar surface area (TPSA) is 80.6 Å². The number of rotatable bonds is 10. The molecule has 6 nitrogen and oxygen atoms in total. The van der Waals surface area contributed by atoms with E-state index in [4.69, 9.17) is 14.2 Å². The van der Waals surface area contributed by atoms with Crippen LogP contribution in [0.2, 0.25) is 0 Å². The quantitative estimate of drug-likeness (QED) is 0.363. The van der Waals surface area contributed by atoms with Crippen LogP contribution < -0.4 is 19.5 Å². The van der Waals surface area contributed by atoms with Crippen molar-refractivity contribution in [2.75, 3.05) is 25.1 Å². The number of carbonyl (C=O) groups is 1. The fourth-order valence-electron chi connectivity index (χ4n) is 2.49. The van der Waals surface area contributed by atoms with E-state index in [-0.39, 0.29) is 5.57 Å². The molecule has 0 saturated heterocycles. The molecule has 29 heavy (non-hydrogen) atoms. The first-order chi connectivity index (χ1) is 14.1. The largest absolute Gasteiger partial charge is 0.494 e. The molecule has 0 atom stereocenters. The van der Waals surface area contributed by atoms with Gasteiger partial charge in [-0.1, -0.05) is 24.8 Å². The Balaban J connectivity index is 2.22. The number of nitriles is 1. The fourth-order valence-corrected chi connectivity index (χ4v) is 2.49. The van der Waals surface area contributed by atoms with Crippen LogP contribution in [0.4, 0.5) is 5.69 Å². The summed E-state index contributed by atoms with van der Waals surface area (Å²) >= 11 is 0. The fraction of sp³-hybridized carbons (Fsp3) is 0.217. The Morgan fingerprint density at radius 3 is 2.59 bits per heavy atom. The lowest BCUT2D eigenvalue weighted by Crippen LogP contribution is -2.13. The zero-order chi connectivity index (χ0) is 21.1. The van der Waals surface area contributed by atoms with Crippen LogP contribution in [0.15, 0.2) is 60.7 Å². The molecular weight excluding hydrogens is 368 g/mol. The molecule has 1 N–H and O–H groups in total. The van der Waals surface area contributed by atoms with E-state index in [2.05, 4.69) is 11.9 Å². The van der Waals surface area contributed by atoms with Gasteiger partial charge in [-0.15, -0.1) is 0 Å². The molecule has 0 bridgehead atoms.